The van der Waals surface area contributed by atoms with E-state index in [1.54, 1.807) is 0 Å². The van der Waals surface area contributed by atoms with E-state index in [0.717, 1.165) is 77.0 Å². The molecule has 0 saturated heterocycles. The van der Waals surface area contributed by atoms with Crippen molar-refractivity contribution >= 4 is 33.5 Å². The molecule has 0 aliphatic heterocycles. The highest BCUT2D eigenvalue weighted by molar-refractivity contribution is 8.77. The molecule has 0 rings (SSSR count). The number of carbonyl (C=O) groups is 2. The molecule has 0 aromatic carbocycles. The Balaban J connectivity index is 4.05. The molecule has 0 aromatic heterocycles. The van der Waals surface area contributed by atoms with Crippen LogP contribution in [0.2, 0.25) is 0 Å². The topological polar surface area (TPSA) is 52.6 Å². The van der Waals surface area contributed by atoms with Gasteiger partial charge in [-0.15, -0.1) is 0 Å². The van der Waals surface area contributed by atoms with Crippen LogP contribution in [0.15, 0.2) is 0 Å². The Morgan fingerprint density at radius 3 is 1.14 bits per heavy atom. The van der Waals surface area contributed by atoms with Crippen molar-refractivity contribution in [3.05, 3.63) is 0 Å². The van der Waals surface area contributed by atoms with E-state index in [1.165, 1.54) is 21.6 Å². The summed E-state index contributed by atoms with van der Waals surface area (Å²) >= 11 is 0. The highest BCUT2D eigenvalue weighted by Crippen LogP contribution is 2.23. The summed E-state index contributed by atoms with van der Waals surface area (Å²) in [4.78, 5) is 24.1. The van der Waals surface area contributed by atoms with Crippen molar-refractivity contribution in [2.24, 2.45) is 0 Å². The molecule has 166 valence electrons. The van der Waals surface area contributed by atoms with Gasteiger partial charge in [0.1, 0.15) is 23.7 Å². The van der Waals surface area contributed by atoms with Gasteiger partial charge in [0.15, 0.2) is 0 Å². The summed E-state index contributed by atoms with van der Waals surface area (Å²) in [6, 6.07) is 0. The Morgan fingerprint density at radius 1 is 0.607 bits per heavy atom. The van der Waals surface area contributed by atoms with E-state index in [2.05, 4.69) is 27.7 Å². The van der Waals surface area contributed by atoms with Gasteiger partial charge in [-0.3, -0.25) is 9.59 Å². The van der Waals surface area contributed by atoms with E-state index in [9.17, 15) is 9.59 Å². The first-order valence-electron chi connectivity index (χ1n) is 11.2. The van der Waals surface area contributed by atoms with E-state index in [0.29, 0.717) is 0 Å². The summed E-state index contributed by atoms with van der Waals surface area (Å²) in [6.07, 6.45) is 12.7. The Bertz CT molecular complexity index is 339. The summed E-state index contributed by atoms with van der Waals surface area (Å²) in [7, 11) is 2.77. The van der Waals surface area contributed by atoms with Crippen LogP contribution in [0.1, 0.15) is 105 Å². The molecule has 0 unspecified atom stereocenters. The van der Waals surface area contributed by atoms with Gasteiger partial charge in [0.25, 0.3) is 0 Å². The van der Waals surface area contributed by atoms with Gasteiger partial charge in [-0.05, 0) is 25.7 Å². The van der Waals surface area contributed by atoms with Gasteiger partial charge >= 0.3 is 11.9 Å². The first-order valence-corrected chi connectivity index (χ1v) is 13.7. The van der Waals surface area contributed by atoms with Crippen molar-refractivity contribution in [3.63, 3.8) is 0 Å². The SMILES string of the molecule is CCCCC(CCCC)OC(=O)CSSCC(=O)OC(CCCC)CCCC. The van der Waals surface area contributed by atoms with Crippen LogP contribution in [-0.2, 0) is 19.1 Å². The van der Waals surface area contributed by atoms with E-state index in [1.807, 2.05) is 0 Å². The van der Waals surface area contributed by atoms with Crippen molar-refractivity contribution < 1.29 is 19.1 Å². The minimum atomic E-state index is -0.174. The average molecular weight is 435 g/mol. The molecule has 0 bridgehead atoms. The van der Waals surface area contributed by atoms with Crippen molar-refractivity contribution in [1.82, 2.24) is 0 Å². The number of carbonyl (C=O) groups excluding carboxylic acids is 2. The number of hydrogen-bond donors (Lipinski definition) is 0. The van der Waals surface area contributed by atoms with Crippen molar-refractivity contribution in [2.75, 3.05) is 11.5 Å². The van der Waals surface area contributed by atoms with Crippen molar-refractivity contribution in [2.45, 2.75) is 117 Å². The standard InChI is InChI=1S/C22H42O4S2/c1-5-9-13-19(14-10-6-2)25-21(23)17-27-28-18-22(24)26-20(15-11-7-3)16-12-8-4/h19-20H,5-18H2,1-4H3. The molecule has 0 aliphatic carbocycles. The first-order chi connectivity index (χ1) is 13.6. The Morgan fingerprint density at radius 2 is 0.893 bits per heavy atom. The molecule has 28 heavy (non-hydrogen) atoms. The summed E-state index contributed by atoms with van der Waals surface area (Å²) in [5.41, 5.74) is 0. The average Bonchev–Trinajstić information content (AvgIpc) is 2.69. The van der Waals surface area contributed by atoms with Crippen LogP contribution in [0.4, 0.5) is 0 Å². The van der Waals surface area contributed by atoms with E-state index >= 15 is 0 Å². The molecule has 0 radical (unpaired) electrons. The largest absolute Gasteiger partial charge is 0.462 e. The molecule has 0 aromatic rings. The fourth-order valence-corrected chi connectivity index (χ4v) is 4.44. The van der Waals surface area contributed by atoms with Crippen LogP contribution in [0.5, 0.6) is 0 Å². The summed E-state index contributed by atoms with van der Waals surface area (Å²) < 4.78 is 11.3. The van der Waals surface area contributed by atoms with Gasteiger partial charge in [0, 0.05) is 0 Å². The van der Waals surface area contributed by atoms with Crippen molar-refractivity contribution in [1.29, 1.82) is 0 Å². The number of rotatable bonds is 19. The second kappa shape index (κ2) is 19.9. The Kier molecular flexibility index (Phi) is 19.7. The molecule has 0 saturated carbocycles. The number of hydrogen-bond acceptors (Lipinski definition) is 6. The zero-order chi connectivity index (χ0) is 21.0. The lowest BCUT2D eigenvalue weighted by atomic mass is 10.1. The maximum atomic E-state index is 12.1. The molecule has 4 nitrogen and oxygen atoms in total. The van der Waals surface area contributed by atoms with Crippen LogP contribution in [-0.4, -0.2) is 35.7 Å². The molecule has 6 heteroatoms. The van der Waals surface area contributed by atoms with Crippen LogP contribution in [0, 0.1) is 0 Å². The van der Waals surface area contributed by atoms with Gasteiger partial charge in [-0.2, -0.15) is 0 Å². The minimum absolute atomic E-state index is 0.0425. The maximum Gasteiger partial charge on any atom is 0.317 e. The lowest BCUT2D eigenvalue weighted by Gasteiger charge is -2.18. The van der Waals surface area contributed by atoms with E-state index < -0.39 is 0 Å². The molecule has 0 atom stereocenters. The molecule has 0 fully saturated rings. The second-order valence-electron chi connectivity index (χ2n) is 7.32. The van der Waals surface area contributed by atoms with Gasteiger partial charge in [0.2, 0.25) is 0 Å². The second-order valence-corrected chi connectivity index (χ2v) is 9.78. The zero-order valence-electron chi connectivity index (χ0n) is 18.5. The highest BCUT2D eigenvalue weighted by Gasteiger charge is 2.16. The van der Waals surface area contributed by atoms with E-state index in [-0.39, 0.29) is 35.7 Å². The third kappa shape index (κ3) is 16.6. The van der Waals surface area contributed by atoms with E-state index in [4.69, 9.17) is 9.47 Å². The molecule has 0 spiro atoms. The molecule has 0 aliphatic rings. The predicted molar refractivity (Wildman–Crippen MR) is 123 cm³/mol. The third-order valence-corrected chi connectivity index (χ3v) is 6.63. The number of esters is 2. The lowest BCUT2D eigenvalue weighted by Crippen LogP contribution is -2.20. The third-order valence-electron chi connectivity index (χ3n) is 4.55. The number of unbranched alkanes of at least 4 members (excludes halogenated alkanes) is 4. The predicted octanol–water partition coefficient (Wildman–Crippen LogP) is 6.95. The quantitative estimate of drug-likeness (QED) is 0.124. The molecule has 0 amide bonds. The monoisotopic (exact) mass is 434 g/mol. The summed E-state index contributed by atoms with van der Waals surface area (Å²) in [6.45, 7) is 8.61. The van der Waals surface area contributed by atoms with Gasteiger partial charge in [0.05, 0.1) is 0 Å². The highest BCUT2D eigenvalue weighted by atomic mass is 33.1. The van der Waals surface area contributed by atoms with Crippen LogP contribution in [0.25, 0.3) is 0 Å². The number of ether oxygens (including phenoxy) is 2. The lowest BCUT2D eigenvalue weighted by molar-refractivity contribution is -0.147. The Labute approximate surface area is 181 Å². The van der Waals surface area contributed by atoms with Crippen LogP contribution >= 0.6 is 21.6 Å². The van der Waals surface area contributed by atoms with Crippen LogP contribution < -0.4 is 0 Å². The molecule has 0 heterocycles. The zero-order valence-corrected chi connectivity index (χ0v) is 20.1. The Hall–Kier alpha value is -0.360. The fourth-order valence-electron chi connectivity index (χ4n) is 2.87. The normalized spacial score (nSPS) is 11.2. The summed E-state index contributed by atoms with van der Waals surface area (Å²) in [5.74, 6) is 0.211. The molecule has 0 N–H and O–H groups in total. The van der Waals surface area contributed by atoms with Gasteiger partial charge in [-0.25, -0.2) is 0 Å². The molecular formula is C22H42O4S2. The minimum Gasteiger partial charge on any atom is -0.462 e. The van der Waals surface area contributed by atoms with Crippen molar-refractivity contribution in [3.8, 4) is 0 Å². The summed E-state index contributed by atoms with van der Waals surface area (Å²) in [5, 5.41) is 0. The van der Waals surface area contributed by atoms with Crippen LogP contribution in [0.3, 0.4) is 0 Å². The maximum absolute atomic E-state index is 12.1. The van der Waals surface area contributed by atoms with Gasteiger partial charge in [-0.1, -0.05) is 101 Å². The fraction of sp³-hybridized carbons (Fsp3) is 0.909. The smallest absolute Gasteiger partial charge is 0.317 e. The van der Waals surface area contributed by atoms with Gasteiger partial charge < -0.3 is 9.47 Å². The molecular weight excluding hydrogens is 392 g/mol. The first kappa shape index (κ1) is 27.6.